The summed E-state index contributed by atoms with van der Waals surface area (Å²) in [5.74, 6) is 5.59. The van der Waals surface area contributed by atoms with Gasteiger partial charge in [0, 0.05) is 17.3 Å². The third-order valence-electron chi connectivity index (χ3n) is 2.56. The van der Waals surface area contributed by atoms with Crippen LogP contribution in [0.25, 0.3) is 0 Å². The summed E-state index contributed by atoms with van der Waals surface area (Å²) in [4.78, 5) is 15.3. The van der Waals surface area contributed by atoms with Gasteiger partial charge in [-0.05, 0) is 31.2 Å². The van der Waals surface area contributed by atoms with Gasteiger partial charge in [0.25, 0.3) is 0 Å². The quantitative estimate of drug-likeness (QED) is 0.577. The smallest absolute Gasteiger partial charge is 0.356 e. The van der Waals surface area contributed by atoms with Crippen molar-refractivity contribution < 1.29 is 9.53 Å². The minimum Gasteiger partial charge on any atom is -0.464 e. The number of methoxy groups -OCH3 is 1. The predicted molar refractivity (Wildman–Crippen MR) is 72.7 cm³/mol. The lowest BCUT2D eigenvalue weighted by Crippen LogP contribution is -2.03. The van der Waals surface area contributed by atoms with Crippen LogP contribution >= 0.6 is 0 Å². The molecule has 0 saturated heterocycles. The Kier molecular flexibility index (Phi) is 3.94. The number of carbonyl (C=O) groups excluding carboxylic acids is 1. The van der Waals surface area contributed by atoms with Crippen LogP contribution in [0.4, 0.5) is 0 Å². The number of benzene rings is 1. The topological polar surface area (TPSA) is 39.2 Å². The summed E-state index contributed by atoms with van der Waals surface area (Å²) in [6.45, 7) is 2.03. The molecule has 0 fully saturated rings. The van der Waals surface area contributed by atoms with Crippen molar-refractivity contribution in [1.82, 2.24) is 4.98 Å². The molecule has 0 aliphatic rings. The van der Waals surface area contributed by atoms with Crippen molar-refractivity contribution in [1.29, 1.82) is 0 Å². The Morgan fingerprint density at radius 2 is 1.79 bits per heavy atom. The zero-order valence-corrected chi connectivity index (χ0v) is 10.8. The molecule has 94 valence electrons. The zero-order chi connectivity index (χ0) is 13.7. The van der Waals surface area contributed by atoms with Crippen molar-refractivity contribution in [3.8, 4) is 11.8 Å². The molecule has 1 heterocycles. The van der Waals surface area contributed by atoms with Gasteiger partial charge in [0.1, 0.15) is 5.69 Å². The van der Waals surface area contributed by atoms with E-state index < -0.39 is 5.97 Å². The number of hydrogen-bond acceptors (Lipinski definition) is 3. The Hall–Kier alpha value is -2.60. The Morgan fingerprint density at radius 3 is 2.47 bits per heavy atom. The van der Waals surface area contributed by atoms with Crippen molar-refractivity contribution in [2.45, 2.75) is 6.92 Å². The monoisotopic (exact) mass is 251 g/mol. The predicted octanol–water partition coefficient (Wildman–Crippen LogP) is 2.58. The summed E-state index contributed by atoms with van der Waals surface area (Å²) >= 11 is 0. The van der Waals surface area contributed by atoms with E-state index in [9.17, 15) is 4.79 Å². The molecule has 3 heteroatoms. The molecule has 0 unspecified atom stereocenters. The van der Waals surface area contributed by atoms with Gasteiger partial charge >= 0.3 is 5.97 Å². The first-order valence-corrected chi connectivity index (χ1v) is 5.82. The van der Waals surface area contributed by atoms with Gasteiger partial charge < -0.3 is 4.74 Å². The van der Waals surface area contributed by atoms with Crippen LogP contribution in [0.3, 0.4) is 0 Å². The van der Waals surface area contributed by atoms with E-state index in [1.807, 2.05) is 31.2 Å². The molecule has 1 aromatic carbocycles. The highest BCUT2D eigenvalue weighted by molar-refractivity contribution is 5.87. The second-order valence-electron chi connectivity index (χ2n) is 4.04. The lowest BCUT2D eigenvalue weighted by Gasteiger charge is -1.97. The maximum Gasteiger partial charge on any atom is 0.356 e. The normalized spacial score (nSPS) is 9.37. The molecule has 1 aromatic heterocycles. The standard InChI is InChI=1S/C16H13NO2/c1-12-3-5-13(6-4-12)7-8-14-9-10-17-15(11-14)16(18)19-2/h3-6,9-11H,1-2H3. The summed E-state index contributed by atoms with van der Waals surface area (Å²) in [5, 5.41) is 0. The molecular weight excluding hydrogens is 238 g/mol. The summed E-state index contributed by atoms with van der Waals surface area (Å²) in [6.07, 6.45) is 1.55. The Bertz CT molecular complexity index is 648. The van der Waals surface area contributed by atoms with Crippen molar-refractivity contribution >= 4 is 5.97 Å². The van der Waals surface area contributed by atoms with Crippen LogP contribution < -0.4 is 0 Å². The molecule has 0 atom stereocenters. The van der Waals surface area contributed by atoms with Gasteiger partial charge in [-0.3, -0.25) is 0 Å². The van der Waals surface area contributed by atoms with Crippen molar-refractivity contribution in [3.05, 3.63) is 65.0 Å². The van der Waals surface area contributed by atoms with Crippen LogP contribution in [0.15, 0.2) is 42.6 Å². The SMILES string of the molecule is COC(=O)c1cc(C#Cc2ccc(C)cc2)ccn1. The van der Waals surface area contributed by atoms with Crippen LogP contribution in [0.1, 0.15) is 27.2 Å². The number of esters is 1. The number of nitrogens with zero attached hydrogens (tertiary/aromatic N) is 1. The number of carbonyl (C=O) groups is 1. The number of aryl methyl sites for hydroxylation is 1. The van der Waals surface area contributed by atoms with E-state index in [4.69, 9.17) is 0 Å². The second kappa shape index (κ2) is 5.83. The molecule has 2 rings (SSSR count). The average molecular weight is 251 g/mol. The van der Waals surface area contributed by atoms with Crippen molar-refractivity contribution in [2.75, 3.05) is 7.11 Å². The number of aromatic nitrogens is 1. The van der Waals surface area contributed by atoms with Gasteiger partial charge in [0.2, 0.25) is 0 Å². The third kappa shape index (κ3) is 3.43. The second-order valence-corrected chi connectivity index (χ2v) is 4.04. The Balaban J connectivity index is 2.24. The number of hydrogen-bond donors (Lipinski definition) is 0. The van der Waals surface area contributed by atoms with Gasteiger partial charge in [-0.2, -0.15) is 0 Å². The van der Waals surface area contributed by atoms with E-state index in [1.54, 1.807) is 18.3 Å². The summed E-state index contributed by atoms with van der Waals surface area (Å²) in [5.41, 5.74) is 3.12. The van der Waals surface area contributed by atoms with Gasteiger partial charge in [0.05, 0.1) is 7.11 Å². The Morgan fingerprint density at radius 1 is 1.11 bits per heavy atom. The van der Waals surface area contributed by atoms with E-state index in [0.29, 0.717) is 0 Å². The molecule has 0 spiro atoms. The summed E-state index contributed by atoms with van der Waals surface area (Å²) in [6, 6.07) is 11.3. The largest absolute Gasteiger partial charge is 0.464 e. The Labute approximate surface area is 112 Å². The molecule has 0 aliphatic carbocycles. The van der Waals surface area contributed by atoms with E-state index in [2.05, 4.69) is 21.6 Å². The molecule has 0 N–H and O–H groups in total. The van der Waals surface area contributed by atoms with E-state index in [-0.39, 0.29) is 5.69 Å². The van der Waals surface area contributed by atoms with Crippen LogP contribution in [0.2, 0.25) is 0 Å². The third-order valence-corrected chi connectivity index (χ3v) is 2.56. The molecule has 0 bridgehead atoms. The molecule has 0 radical (unpaired) electrons. The number of pyridine rings is 1. The molecule has 0 aliphatic heterocycles. The molecule has 3 nitrogen and oxygen atoms in total. The highest BCUT2D eigenvalue weighted by atomic mass is 16.5. The fourth-order valence-electron chi connectivity index (χ4n) is 1.51. The first-order chi connectivity index (χ1) is 9.19. The fraction of sp³-hybridized carbons (Fsp3) is 0.125. The lowest BCUT2D eigenvalue weighted by molar-refractivity contribution is 0.0594. The first-order valence-electron chi connectivity index (χ1n) is 5.82. The first kappa shape index (κ1) is 12.8. The highest BCUT2D eigenvalue weighted by Gasteiger charge is 2.06. The summed E-state index contributed by atoms with van der Waals surface area (Å²) < 4.78 is 4.62. The van der Waals surface area contributed by atoms with Crippen molar-refractivity contribution in [2.24, 2.45) is 0 Å². The van der Waals surface area contributed by atoms with E-state index in [0.717, 1.165) is 11.1 Å². The molecule has 0 amide bonds. The highest BCUT2D eigenvalue weighted by Crippen LogP contribution is 2.04. The summed E-state index contributed by atoms with van der Waals surface area (Å²) in [7, 11) is 1.33. The van der Waals surface area contributed by atoms with E-state index in [1.165, 1.54) is 12.7 Å². The van der Waals surface area contributed by atoms with Crippen molar-refractivity contribution in [3.63, 3.8) is 0 Å². The van der Waals surface area contributed by atoms with E-state index >= 15 is 0 Å². The van der Waals surface area contributed by atoms with Crippen LogP contribution in [-0.2, 0) is 4.74 Å². The maximum atomic E-state index is 11.3. The molecule has 0 saturated carbocycles. The van der Waals surface area contributed by atoms with Gasteiger partial charge in [-0.25, -0.2) is 9.78 Å². The zero-order valence-electron chi connectivity index (χ0n) is 10.8. The molecular formula is C16H13NO2. The van der Waals surface area contributed by atoms with Gasteiger partial charge in [0.15, 0.2) is 0 Å². The van der Waals surface area contributed by atoms with Crippen LogP contribution in [-0.4, -0.2) is 18.1 Å². The number of rotatable bonds is 1. The van der Waals surface area contributed by atoms with Crippen LogP contribution in [0, 0.1) is 18.8 Å². The molecule has 2 aromatic rings. The minimum atomic E-state index is -0.459. The fourth-order valence-corrected chi connectivity index (χ4v) is 1.51. The lowest BCUT2D eigenvalue weighted by atomic mass is 10.1. The average Bonchev–Trinajstić information content (AvgIpc) is 2.46. The number of ether oxygens (including phenoxy) is 1. The maximum absolute atomic E-state index is 11.3. The van der Waals surface area contributed by atoms with Gasteiger partial charge in [-0.15, -0.1) is 0 Å². The molecule has 19 heavy (non-hydrogen) atoms. The minimum absolute atomic E-state index is 0.262. The van der Waals surface area contributed by atoms with Crippen LogP contribution in [0.5, 0.6) is 0 Å². The van der Waals surface area contributed by atoms with Gasteiger partial charge in [-0.1, -0.05) is 29.5 Å².